The van der Waals surface area contributed by atoms with Crippen molar-refractivity contribution >= 4 is 27.4 Å². The minimum absolute atomic E-state index is 0.0942. The van der Waals surface area contributed by atoms with Gasteiger partial charge in [-0.05, 0) is 85.6 Å². The number of nitrogens with zero attached hydrogens (tertiary/aromatic N) is 2. The topological polar surface area (TPSA) is 105 Å². The summed E-state index contributed by atoms with van der Waals surface area (Å²) in [5, 5.41) is 13.4. The molecular formula is C37H47N5O3S. The van der Waals surface area contributed by atoms with Crippen molar-refractivity contribution in [1.29, 1.82) is 0 Å². The SMILES string of the molecule is Cc1ccc(-n2nc(C(C)(C)C)cc2NC(=O)Nc2ccccc2C(C2CCNCC2)S(=O)(=O)c2ccc(C(C)(C)C)cc2)cc1. The first kappa shape index (κ1) is 33.4. The summed E-state index contributed by atoms with van der Waals surface area (Å²) >= 11 is 0. The van der Waals surface area contributed by atoms with Crippen LogP contribution in [-0.4, -0.2) is 37.3 Å². The van der Waals surface area contributed by atoms with Gasteiger partial charge in [-0.1, -0.05) is 89.6 Å². The third-order valence-corrected chi connectivity index (χ3v) is 10.9. The summed E-state index contributed by atoms with van der Waals surface area (Å²) in [6, 6.07) is 23.9. The van der Waals surface area contributed by atoms with E-state index < -0.39 is 21.1 Å². The number of amides is 2. The molecule has 3 N–H and O–H groups in total. The minimum Gasteiger partial charge on any atom is -0.317 e. The maximum Gasteiger partial charge on any atom is 0.324 e. The van der Waals surface area contributed by atoms with E-state index in [0.29, 0.717) is 22.0 Å². The van der Waals surface area contributed by atoms with Crippen LogP contribution in [0, 0.1) is 12.8 Å². The third kappa shape index (κ3) is 7.37. The summed E-state index contributed by atoms with van der Waals surface area (Å²) < 4.78 is 30.7. The molecule has 46 heavy (non-hydrogen) atoms. The Morgan fingerprint density at radius 1 is 0.870 bits per heavy atom. The van der Waals surface area contributed by atoms with E-state index in [0.717, 1.165) is 48.4 Å². The van der Waals surface area contributed by atoms with Crippen LogP contribution in [0.3, 0.4) is 0 Å². The number of aryl methyl sites for hydroxylation is 1. The summed E-state index contributed by atoms with van der Waals surface area (Å²) in [5.74, 6) is 0.405. The van der Waals surface area contributed by atoms with Gasteiger partial charge in [0.25, 0.3) is 0 Å². The molecule has 4 aromatic rings. The number of hydrogen-bond acceptors (Lipinski definition) is 5. The molecule has 0 aliphatic carbocycles. The van der Waals surface area contributed by atoms with Gasteiger partial charge in [-0.25, -0.2) is 17.9 Å². The standard InChI is InChI=1S/C37H47N5O3S/c1-25-12-16-28(17-13-25)42-33(24-32(41-42)37(5,6)7)40-35(43)39-31-11-9-8-10-30(31)34(26-20-22-38-23-21-26)46(44,45)29-18-14-27(15-19-29)36(2,3)4/h8-19,24,26,34,38H,20-23H2,1-7H3,(H2,39,40,43). The van der Waals surface area contributed by atoms with Gasteiger partial charge in [-0.3, -0.25) is 5.32 Å². The van der Waals surface area contributed by atoms with E-state index in [2.05, 4.69) is 57.5 Å². The molecule has 1 aliphatic heterocycles. The summed E-state index contributed by atoms with van der Waals surface area (Å²) in [4.78, 5) is 13.9. The van der Waals surface area contributed by atoms with Crippen LogP contribution in [0.4, 0.5) is 16.3 Å². The molecule has 9 heteroatoms. The number of aromatic nitrogens is 2. The zero-order valence-corrected chi connectivity index (χ0v) is 28.8. The normalized spacial score (nSPS) is 15.4. The lowest BCUT2D eigenvalue weighted by atomic mass is 9.87. The fourth-order valence-electron chi connectivity index (χ4n) is 5.96. The van der Waals surface area contributed by atoms with Gasteiger partial charge in [0.15, 0.2) is 9.84 Å². The van der Waals surface area contributed by atoms with Crippen molar-refractivity contribution in [2.75, 3.05) is 23.7 Å². The number of carbonyl (C=O) groups excluding carboxylic acids is 1. The Bertz CT molecular complexity index is 1770. The summed E-state index contributed by atoms with van der Waals surface area (Å²) in [6.07, 6.45) is 1.44. The first-order valence-electron chi connectivity index (χ1n) is 16.0. The Balaban J connectivity index is 1.49. The first-order chi connectivity index (χ1) is 21.6. The van der Waals surface area contributed by atoms with Crippen LogP contribution in [0.25, 0.3) is 5.69 Å². The molecule has 0 bridgehead atoms. The van der Waals surface area contributed by atoms with Crippen LogP contribution in [0.1, 0.15) is 82.0 Å². The van der Waals surface area contributed by atoms with Gasteiger partial charge >= 0.3 is 6.03 Å². The predicted molar refractivity (Wildman–Crippen MR) is 187 cm³/mol. The molecule has 1 unspecified atom stereocenters. The largest absolute Gasteiger partial charge is 0.324 e. The molecule has 0 spiro atoms. The molecule has 2 amide bonds. The number of nitrogens with one attached hydrogen (secondary N) is 3. The molecule has 3 aromatic carbocycles. The van der Waals surface area contributed by atoms with Gasteiger partial charge in [0.05, 0.1) is 21.5 Å². The number of para-hydroxylation sites is 1. The van der Waals surface area contributed by atoms with E-state index >= 15 is 0 Å². The molecule has 2 heterocycles. The maximum absolute atomic E-state index is 14.5. The Morgan fingerprint density at radius 3 is 2.11 bits per heavy atom. The van der Waals surface area contributed by atoms with Crippen LogP contribution < -0.4 is 16.0 Å². The van der Waals surface area contributed by atoms with Crippen LogP contribution in [0.15, 0.2) is 83.8 Å². The van der Waals surface area contributed by atoms with E-state index in [1.807, 2.05) is 67.6 Å². The van der Waals surface area contributed by atoms with Crippen LogP contribution >= 0.6 is 0 Å². The number of rotatable bonds is 7. The summed E-state index contributed by atoms with van der Waals surface area (Å²) in [6.45, 7) is 16.1. The maximum atomic E-state index is 14.5. The van der Waals surface area contributed by atoms with E-state index in [1.165, 1.54) is 0 Å². The van der Waals surface area contributed by atoms with Crippen LogP contribution in [0.2, 0.25) is 0 Å². The van der Waals surface area contributed by atoms with E-state index in [1.54, 1.807) is 22.9 Å². The highest BCUT2D eigenvalue weighted by Crippen LogP contribution is 2.42. The van der Waals surface area contributed by atoms with Crippen LogP contribution in [0.5, 0.6) is 0 Å². The predicted octanol–water partition coefficient (Wildman–Crippen LogP) is 7.93. The molecule has 244 valence electrons. The second-order valence-electron chi connectivity index (χ2n) is 14.4. The molecule has 1 atom stereocenters. The molecule has 0 saturated carbocycles. The zero-order valence-electron chi connectivity index (χ0n) is 28.0. The Kier molecular flexibility index (Phi) is 9.47. The van der Waals surface area contributed by atoms with E-state index in [-0.39, 0.29) is 16.7 Å². The highest BCUT2D eigenvalue weighted by atomic mass is 32.2. The van der Waals surface area contributed by atoms with Gasteiger partial charge in [-0.15, -0.1) is 0 Å². The second-order valence-corrected chi connectivity index (χ2v) is 16.5. The number of hydrogen-bond donors (Lipinski definition) is 3. The van der Waals surface area contributed by atoms with Gasteiger partial charge in [0.1, 0.15) is 5.82 Å². The highest BCUT2D eigenvalue weighted by molar-refractivity contribution is 7.91. The van der Waals surface area contributed by atoms with E-state index in [4.69, 9.17) is 5.10 Å². The zero-order chi connectivity index (χ0) is 33.3. The fraction of sp³-hybridized carbons (Fsp3) is 0.405. The minimum atomic E-state index is -3.81. The van der Waals surface area contributed by atoms with Crippen molar-refractivity contribution in [2.45, 2.75) is 82.3 Å². The third-order valence-electron chi connectivity index (χ3n) is 8.71. The summed E-state index contributed by atoms with van der Waals surface area (Å²) in [5.41, 5.74) is 4.58. The summed E-state index contributed by atoms with van der Waals surface area (Å²) in [7, 11) is -3.81. The quantitative estimate of drug-likeness (QED) is 0.190. The number of sulfone groups is 1. The lowest BCUT2D eigenvalue weighted by molar-refractivity contribution is 0.262. The Morgan fingerprint density at radius 2 is 1.50 bits per heavy atom. The fourth-order valence-corrected chi connectivity index (χ4v) is 8.09. The van der Waals surface area contributed by atoms with Crippen molar-refractivity contribution < 1.29 is 13.2 Å². The molecule has 1 fully saturated rings. The molecule has 8 nitrogen and oxygen atoms in total. The van der Waals surface area contributed by atoms with Crippen molar-refractivity contribution in [3.05, 3.63) is 101 Å². The first-order valence-corrected chi connectivity index (χ1v) is 17.6. The van der Waals surface area contributed by atoms with Crippen molar-refractivity contribution in [3.63, 3.8) is 0 Å². The van der Waals surface area contributed by atoms with Gasteiger partial charge in [-0.2, -0.15) is 5.10 Å². The number of anilines is 2. The lowest BCUT2D eigenvalue weighted by Gasteiger charge is -2.32. The highest BCUT2D eigenvalue weighted by Gasteiger charge is 2.38. The van der Waals surface area contributed by atoms with Gasteiger partial charge in [0, 0.05) is 17.2 Å². The lowest BCUT2D eigenvalue weighted by Crippen LogP contribution is -2.34. The smallest absolute Gasteiger partial charge is 0.317 e. The van der Waals surface area contributed by atoms with Crippen molar-refractivity contribution in [1.82, 2.24) is 15.1 Å². The number of benzene rings is 3. The average Bonchev–Trinajstić information content (AvgIpc) is 3.43. The van der Waals surface area contributed by atoms with E-state index in [9.17, 15) is 13.2 Å². The Labute approximate surface area is 273 Å². The average molecular weight is 642 g/mol. The number of carbonyl (C=O) groups is 1. The molecule has 1 aliphatic rings. The molecule has 5 rings (SSSR count). The Hall–Kier alpha value is -3.95. The van der Waals surface area contributed by atoms with Crippen LogP contribution in [-0.2, 0) is 20.7 Å². The van der Waals surface area contributed by atoms with Gasteiger partial charge < -0.3 is 10.6 Å². The monoisotopic (exact) mass is 641 g/mol. The van der Waals surface area contributed by atoms with Gasteiger partial charge in [0.2, 0.25) is 0 Å². The van der Waals surface area contributed by atoms with Crippen molar-refractivity contribution in [3.8, 4) is 5.69 Å². The number of piperidine rings is 1. The van der Waals surface area contributed by atoms with Crippen molar-refractivity contribution in [2.24, 2.45) is 5.92 Å². The second kappa shape index (κ2) is 13.0. The molecular weight excluding hydrogens is 595 g/mol. The number of urea groups is 1. The molecule has 1 aromatic heterocycles. The molecule has 1 saturated heterocycles. The molecule has 0 radical (unpaired) electrons.